The van der Waals surface area contributed by atoms with E-state index in [0.717, 1.165) is 0 Å². The van der Waals surface area contributed by atoms with Gasteiger partial charge in [-0.05, 0) is 0 Å². The van der Waals surface area contributed by atoms with Gasteiger partial charge in [0.05, 0.1) is 25.0 Å². The summed E-state index contributed by atoms with van der Waals surface area (Å²) < 4.78 is 25.8. The predicted octanol–water partition coefficient (Wildman–Crippen LogP) is -0.441. The first-order valence-corrected chi connectivity index (χ1v) is 7.26. The van der Waals surface area contributed by atoms with Crippen LogP contribution in [0.3, 0.4) is 0 Å². The van der Waals surface area contributed by atoms with Crippen LogP contribution in [0.15, 0.2) is 5.38 Å². The topological polar surface area (TPSA) is 111 Å². The Morgan fingerprint density at radius 3 is 2.94 bits per heavy atom. The van der Waals surface area contributed by atoms with E-state index in [-0.39, 0.29) is 24.7 Å². The van der Waals surface area contributed by atoms with E-state index in [1.54, 1.807) is 5.38 Å². The second-order valence-corrected chi connectivity index (χ2v) is 5.78. The average Bonchev–Trinajstić information content (AvgIpc) is 2.63. The van der Waals surface area contributed by atoms with Crippen LogP contribution in [0, 0.1) is 0 Å². The van der Waals surface area contributed by atoms with Crippen LogP contribution in [-0.2, 0) is 26.0 Å². The van der Waals surface area contributed by atoms with Crippen molar-refractivity contribution in [1.29, 1.82) is 0 Å². The lowest BCUT2D eigenvalue weighted by Gasteiger charge is -2.00. The monoisotopic (exact) mass is 279 g/mol. The number of esters is 1. The zero-order valence-corrected chi connectivity index (χ0v) is 10.8. The normalized spacial score (nSPS) is 11.2. The second kappa shape index (κ2) is 5.94. The van der Waals surface area contributed by atoms with E-state index in [0.29, 0.717) is 10.8 Å². The molecule has 1 heterocycles. The molecule has 0 aliphatic carbocycles. The molecule has 0 radical (unpaired) electrons. The number of methoxy groups -OCH3 is 1. The molecule has 0 aromatic carbocycles. The second-order valence-electron chi connectivity index (χ2n) is 3.19. The number of ether oxygens (including phenoxy) is 1. The van der Waals surface area contributed by atoms with Crippen molar-refractivity contribution < 1.29 is 17.9 Å². The third kappa shape index (κ3) is 5.61. The van der Waals surface area contributed by atoms with Gasteiger partial charge in [0.1, 0.15) is 0 Å². The van der Waals surface area contributed by atoms with Gasteiger partial charge in [-0.1, -0.05) is 0 Å². The van der Waals surface area contributed by atoms with Gasteiger partial charge in [-0.3, -0.25) is 4.79 Å². The molecular formula is C8H13N3O4S2. The van der Waals surface area contributed by atoms with Gasteiger partial charge in [0.2, 0.25) is 10.0 Å². The molecule has 9 heteroatoms. The maximum Gasteiger partial charge on any atom is 0.311 e. The van der Waals surface area contributed by atoms with Crippen LogP contribution in [-0.4, -0.2) is 38.8 Å². The zero-order chi connectivity index (χ0) is 12.9. The SMILES string of the molecule is COC(=O)Cc1csc(NCCS(N)(=O)=O)n1. The van der Waals surface area contributed by atoms with Crippen LogP contribution in [0.5, 0.6) is 0 Å². The highest BCUT2D eigenvalue weighted by atomic mass is 32.2. The summed E-state index contributed by atoms with van der Waals surface area (Å²) in [5.41, 5.74) is 0.583. The zero-order valence-electron chi connectivity index (χ0n) is 9.17. The van der Waals surface area contributed by atoms with Crippen molar-refractivity contribution in [2.75, 3.05) is 24.7 Å². The highest BCUT2D eigenvalue weighted by Crippen LogP contribution is 2.15. The lowest BCUT2D eigenvalue weighted by molar-refractivity contribution is -0.139. The molecule has 0 fully saturated rings. The number of anilines is 1. The van der Waals surface area contributed by atoms with Gasteiger partial charge in [-0.25, -0.2) is 18.5 Å². The number of carbonyl (C=O) groups is 1. The molecule has 0 spiro atoms. The van der Waals surface area contributed by atoms with Gasteiger partial charge in [-0.2, -0.15) is 0 Å². The molecule has 0 unspecified atom stereocenters. The molecule has 0 aliphatic rings. The molecule has 96 valence electrons. The summed E-state index contributed by atoms with van der Waals surface area (Å²) in [6.07, 6.45) is 0.101. The standard InChI is InChI=1S/C8H13N3O4S2/c1-15-7(12)4-6-5-16-8(11-6)10-2-3-17(9,13)14/h5H,2-4H2,1H3,(H,10,11)(H2,9,13,14). The maximum atomic E-state index is 11.0. The smallest absolute Gasteiger partial charge is 0.311 e. The summed E-state index contributed by atoms with van der Waals surface area (Å²) in [5, 5.41) is 9.90. The number of carbonyl (C=O) groups excluding carboxylic acids is 1. The predicted molar refractivity (Wildman–Crippen MR) is 64.3 cm³/mol. The molecule has 0 atom stereocenters. The van der Waals surface area contributed by atoms with Gasteiger partial charge in [0.15, 0.2) is 5.13 Å². The number of primary sulfonamides is 1. The lowest BCUT2D eigenvalue weighted by atomic mass is 10.3. The fraction of sp³-hybridized carbons (Fsp3) is 0.500. The molecule has 0 aliphatic heterocycles. The first kappa shape index (κ1) is 13.9. The van der Waals surface area contributed by atoms with Crippen molar-refractivity contribution in [2.45, 2.75) is 6.42 Å². The van der Waals surface area contributed by atoms with E-state index in [1.165, 1.54) is 18.4 Å². The Labute approximate surface area is 103 Å². The largest absolute Gasteiger partial charge is 0.469 e. The lowest BCUT2D eigenvalue weighted by Crippen LogP contribution is -2.22. The van der Waals surface area contributed by atoms with Crippen LogP contribution in [0.4, 0.5) is 5.13 Å². The molecule has 1 aromatic heterocycles. The Kier molecular flexibility index (Phi) is 4.85. The molecule has 0 bridgehead atoms. The number of nitrogens with two attached hydrogens (primary N) is 1. The number of aromatic nitrogens is 1. The van der Waals surface area contributed by atoms with Crippen molar-refractivity contribution in [1.82, 2.24) is 4.98 Å². The number of hydrogen-bond donors (Lipinski definition) is 2. The molecule has 0 saturated heterocycles. The van der Waals surface area contributed by atoms with Crippen LogP contribution in [0.1, 0.15) is 5.69 Å². The van der Waals surface area contributed by atoms with E-state index in [9.17, 15) is 13.2 Å². The van der Waals surface area contributed by atoms with Gasteiger partial charge in [0.25, 0.3) is 0 Å². The summed E-state index contributed by atoms with van der Waals surface area (Å²) in [5.74, 6) is -0.537. The molecule has 1 rings (SSSR count). The van der Waals surface area contributed by atoms with Gasteiger partial charge in [0, 0.05) is 11.9 Å². The van der Waals surface area contributed by atoms with Crippen molar-refractivity contribution in [3.63, 3.8) is 0 Å². The number of thiazole rings is 1. The summed E-state index contributed by atoms with van der Waals surface area (Å²) >= 11 is 1.29. The summed E-state index contributed by atoms with van der Waals surface area (Å²) in [6, 6.07) is 0. The summed E-state index contributed by atoms with van der Waals surface area (Å²) in [4.78, 5) is 15.1. The minimum Gasteiger partial charge on any atom is -0.469 e. The highest BCUT2D eigenvalue weighted by Gasteiger charge is 2.08. The Morgan fingerprint density at radius 2 is 2.35 bits per heavy atom. The summed E-state index contributed by atoms with van der Waals surface area (Å²) in [6.45, 7) is 0.185. The van der Waals surface area contributed by atoms with Crippen molar-refractivity contribution >= 4 is 32.5 Å². The fourth-order valence-electron chi connectivity index (χ4n) is 0.990. The number of nitrogens with one attached hydrogen (secondary N) is 1. The van der Waals surface area contributed by atoms with E-state index < -0.39 is 10.0 Å². The molecule has 0 amide bonds. The van der Waals surface area contributed by atoms with Gasteiger partial charge in [-0.15, -0.1) is 11.3 Å². The minimum absolute atomic E-state index is 0.101. The maximum absolute atomic E-state index is 11.0. The average molecular weight is 279 g/mol. The Bertz CT molecular complexity index is 483. The summed E-state index contributed by atoms with van der Waals surface area (Å²) in [7, 11) is -2.16. The minimum atomic E-state index is -3.47. The third-order valence-electron chi connectivity index (χ3n) is 1.77. The van der Waals surface area contributed by atoms with Gasteiger partial charge < -0.3 is 10.1 Å². The third-order valence-corrected chi connectivity index (χ3v) is 3.39. The van der Waals surface area contributed by atoms with E-state index >= 15 is 0 Å². The highest BCUT2D eigenvalue weighted by molar-refractivity contribution is 7.89. The quantitative estimate of drug-likeness (QED) is 0.683. The van der Waals surface area contributed by atoms with Crippen LogP contribution < -0.4 is 10.5 Å². The van der Waals surface area contributed by atoms with Crippen molar-refractivity contribution in [2.24, 2.45) is 5.14 Å². The number of nitrogens with zero attached hydrogens (tertiary/aromatic N) is 1. The Hall–Kier alpha value is -1.19. The fourth-order valence-corrected chi connectivity index (χ4v) is 2.12. The molecule has 3 N–H and O–H groups in total. The van der Waals surface area contributed by atoms with E-state index in [2.05, 4.69) is 15.0 Å². The van der Waals surface area contributed by atoms with E-state index in [1.807, 2.05) is 0 Å². The van der Waals surface area contributed by atoms with Gasteiger partial charge >= 0.3 is 5.97 Å². The van der Waals surface area contributed by atoms with Crippen LogP contribution in [0.25, 0.3) is 0 Å². The first-order valence-electron chi connectivity index (χ1n) is 4.66. The number of sulfonamides is 1. The Morgan fingerprint density at radius 1 is 1.65 bits per heavy atom. The van der Waals surface area contributed by atoms with Crippen molar-refractivity contribution in [3.8, 4) is 0 Å². The molecule has 0 saturated carbocycles. The van der Waals surface area contributed by atoms with E-state index in [4.69, 9.17) is 5.14 Å². The molecule has 17 heavy (non-hydrogen) atoms. The Balaban J connectivity index is 2.43. The molecular weight excluding hydrogens is 266 g/mol. The number of hydrogen-bond acceptors (Lipinski definition) is 7. The van der Waals surface area contributed by atoms with Crippen molar-refractivity contribution in [3.05, 3.63) is 11.1 Å². The molecule has 1 aromatic rings. The molecule has 7 nitrogen and oxygen atoms in total. The van der Waals surface area contributed by atoms with Crippen LogP contribution in [0.2, 0.25) is 0 Å². The van der Waals surface area contributed by atoms with Crippen LogP contribution >= 0.6 is 11.3 Å². The number of rotatable bonds is 6. The first-order chi connectivity index (χ1) is 7.90.